The summed E-state index contributed by atoms with van der Waals surface area (Å²) in [5.74, 6) is 0.603. The van der Waals surface area contributed by atoms with E-state index >= 15 is 0 Å². The smallest absolute Gasteiger partial charge is 0.264 e. The van der Waals surface area contributed by atoms with Crippen LogP contribution in [0, 0.1) is 0 Å². The maximum atomic E-state index is 5.67. The first kappa shape index (κ1) is 11.6. The molecular formula is C11H10N6OS. The number of nitrogens with two attached hydrogens (primary N) is 3. The molecular weight excluding hydrogens is 264 g/mol. The largest absolute Gasteiger partial charge is 0.431 e. The van der Waals surface area contributed by atoms with Crippen molar-refractivity contribution < 1.29 is 4.42 Å². The van der Waals surface area contributed by atoms with Gasteiger partial charge in [-0.3, -0.25) is 0 Å². The van der Waals surface area contributed by atoms with E-state index in [2.05, 4.69) is 15.0 Å². The molecule has 0 aliphatic carbocycles. The van der Waals surface area contributed by atoms with Crippen LogP contribution in [0.2, 0.25) is 0 Å². The summed E-state index contributed by atoms with van der Waals surface area (Å²) < 4.78 is 5.54. The van der Waals surface area contributed by atoms with Crippen molar-refractivity contribution in [1.29, 1.82) is 0 Å². The molecule has 3 aromatic rings. The van der Waals surface area contributed by atoms with Crippen molar-refractivity contribution in [3.8, 4) is 0 Å². The van der Waals surface area contributed by atoms with Gasteiger partial charge in [0.15, 0.2) is 5.58 Å². The second-order valence-corrected chi connectivity index (χ2v) is 4.73. The van der Waals surface area contributed by atoms with Crippen molar-refractivity contribution in [2.75, 3.05) is 17.2 Å². The van der Waals surface area contributed by atoms with Gasteiger partial charge in [0, 0.05) is 29.6 Å². The Morgan fingerprint density at radius 2 is 1.68 bits per heavy atom. The van der Waals surface area contributed by atoms with E-state index in [1.807, 2.05) is 0 Å². The van der Waals surface area contributed by atoms with E-state index < -0.39 is 0 Å². The number of benzene rings is 1. The highest BCUT2D eigenvalue weighted by Gasteiger charge is 2.10. The van der Waals surface area contributed by atoms with Gasteiger partial charge in [0.1, 0.15) is 17.2 Å². The molecule has 2 heterocycles. The molecule has 0 aliphatic heterocycles. The summed E-state index contributed by atoms with van der Waals surface area (Å²) in [6, 6.07) is 6.74. The molecule has 0 aliphatic rings. The van der Waals surface area contributed by atoms with Crippen molar-refractivity contribution >= 4 is 40.2 Å². The standard InChI is InChI=1S/C11H10N6OS/c12-5-1-2-6-7(3-5)18-11(15-6)19-10-16-8(13)4-9(14)17-10/h1-4H,12H2,(H4,13,14,16,17). The monoisotopic (exact) mass is 274 g/mol. The molecule has 0 unspecified atom stereocenters. The van der Waals surface area contributed by atoms with Gasteiger partial charge in [0.05, 0.1) is 0 Å². The number of nitrogen functional groups attached to an aromatic ring is 3. The number of fused-ring (bicyclic) bond motifs is 1. The summed E-state index contributed by atoms with van der Waals surface area (Å²) >= 11 is 1.15. The van der Waals surface area contributed by atoms with Crippen LogP contribution in [0.3, 0.4) is 0 Å². The Bertz CT molecular complexity index is 736. The fraction of sp³-hybridized carbons (Fsp3) is 0. The van der Waals surface area contributed by atoms with Gasteiger partial charge in [-0.15, -0.1) is 0 Å². The van der Waals surface area contributed by atoms with E-state index in [0.717, 1.165) is 11.8 Å². The quantitative estimate of drug-likeness (QED) is 0.473. The molecule has 3 rings (SSSR count). The van der Waals surface area contributed by atoms with Crippen molar-refractivity contribution in [3.05, 3.63) is 24.3 Å². The lowest BCUT2D eigenvalue weighted by Crippen LogP contribution is -1.98. The fourth-order valence-electron chi connectivity index (χ4n) is 1.55. The van der Waals surface area contributed by atoms with E-state index in [0.29, 0.717) is 38.8 Å². The molecule has 0 atom stereocenters. The van der Waals surface area contributed by atoms with Crippen LogP contribution >= 0.6 is 11.8 Å². The van der Waals surface area contributed by atoms with Crippen molar-refractivity contribution in [2.24, 2.45) is 0 Å². The molecule has 8 heteroatoms. The summed E-state index contributed by atoms with van der Waals surface area (Å²) in [4.78, 5) is 12.4. The average molecular weight is 274 g/mol. The molecule has 0 saturated heterocycles. The minimum Gasteiger partial charge on any atom is -0.431 e. The lowest BCUT2D eigenvalue weighted by Gasteiger charge is -1.98. The van der Waals surface area contributed by atoms with Crippen molar-refractivity contribution in [1.82, 2.24) is 15.0 Å². The van der Waals surface area contributed by atoms with Crippen LogP contribution in [0.4, 0.5) is 17.3 Å². The van der Waals surface area contributed by atoms with Crippen LogP contribution in [0.1, 0.15) is 0 Å². The van der Waals surface area contributed by atoms with E-state index in [-0.39, 0.29) is 0 Å². The zero-order valence-electron chi connectivity index (χ0n) is 9.70. The number of hydrogen-bond acceptors (Lipinski definition) is 8. The molecule has 0 amide bonds. The first-order valence-corrected chi connectivity index (χ1v) is 6.16. The number of rotatable bonds is 2. The third-order valence-electron chi connectivity index (χ3n) is 2.32. The molecule has 0 bridgehead atoms. The van der Waals surface area contributed by atoms with E-state index in [1.165, 1.54) is 6.07 Å². The van der Waals surface area contributed by atoms with Gasteiger partial charge in [-0.1, -0.05) is 0 Å². The Hall–Kier alpha value is -2.48. The maximum Gasteiger partial charge on any atom is 0.264 e. The third kappa shape index (κ3) is 2.38. The molecule has 0 saturated carbocycles. The zero-order chi connectivity index (χ0) is 13.4. The van der Waals surface area contributed by atoms with Gasteiger partial charge in [-0.25, -0.2) is 15.0 Å². The van der Waals surface area contributed by atoms with Crippen LogP contribution in [-0.2, 0) is 0 Å². The molecule has 1 aromatic carbocycles. The number of hydrogen-bond donors (Lipinski definition) is 3. The van der Waals surface area contributed by atoms with Crippen LogP contribution < -0.4 is 17.2 Å². The fourth-order valence-corrected chi connectivity index (χ4v) is 2.28. The summed E-state index contributed by atoms with van der Waals surface area (Å²) in [5.41, 5.74) is 18.8. The molecule has 7 nitrogen and oxygen atoms in total. The summed E-state index contributed by atoms with van der Waals surface area (Å²) in [6.07, 6.45) is 0. The van der Waals surface area contributed by atoms with Crippen molar-refractivity contribution in [2.45, 2.75) is 10.4 Å². The molecule has 0 spiro atoms. The Balaban J connectivity index is 1.96. The van der Waals surface area contributed by atoms with Crippen molar-refractivity contribution in [3.63, 3.8) is 0 Å². The number of oxazole rings is 1. The van der Waals surface area contributed by atoms with Crippen LogP contribution in [0.25, 0.3) is 11.1 Å². The molecule has 19 heavy (non-hydrogen) atoms. The molecule has 6 N–H and O–H groups in total. The maximum absolute atomic E-state index is 5.67. The van der Waals surface area contributed by atoms with Crippen LogP contribution in [0.5, 0.6) is 0 Å². The highest BCUT2D eigenvalue weighted by Crippen LogP contribution is 2.29. The number of nitrogens with zero attached hydrogens (tertiary/aromatic N) is 3. The molecule has 0 radical (unpaired) electrons. The van der Waals surface area contributed by atoms with Gasteiger partial charge in [0.25, 0.3) is 5.22 Å². The van der Waals surface area contributed by atoms with Gasteiger partial charge in [-0.2, -0.15) is 0 Å². The summed E-state index contributed by atoms with van der Waals surface area (Å²) in [5, 5.41) is 0.794. The Morgan fingerprint density at radius 3 is 2.42 bits per heavy atom. The Kier molecular flexibility index (Phi) is 2.64. The lowest BCUT2D eigenvalue weighted by atomic mass is 10.3. The van der Waals surface area contributed by atoms with Gasteiger partial charge >= 0.3 is 0 Å². The molecule has 0 fully saturated rings. The topological polar surface area (TPSA) is 130 Å². The van der Waals surface area contributed by atoms with E-state index in [4.69, 9.17) is 21.6 Å². The lowest BCUT2D eigenvalue weighted by molar-refractivity contribution is 0.489. The second-order valence-electron chi connectivity index (χ2n) is 3.81. The second kappa shape index (κ2) is 4.32. The van der Waals surface area contributed by atoms with Crippen LogP contribution in [0.15, 0.2) is 39.1 Å². The Morgan fingerprint density at radius 1 is 0.947 bits per heavy atom. The van der Waals surface area contributed by atoms with Gasteiger partial charge < -0.3 is 21.6 Å². The van der Waals surface area contributed by atoms with E-state index in [1.54, 1.807) is 18.2 Å². The predicted molar refractivity (Wildman–Crippen MR) is 73.4 cm³/mol. The highest BCUT2D eigenvalue weighted by molar-refractivity contribution is 7.98. The first-order chi connectivity index (χ1) is 9.10. The SMILES string of the molecule is Nc1ccc2nc(Sc3nc(N)cc(N)n3)oc2c1. The summed E-state index contributed by atoms with van der Waals surface area (Å²) in [6.45, 7) is 0. The zero-order valence-corrected chi connectivity index (χ0v) is 10.5. The van der Waals surface area contributed by atoms with Crippen LogP contribution in [-0.4, -0.2) is 15.0 Å². The minimum absolute atomic E-state index is 0.301. The highest BCUT2D eigenvalue weighted by atomic mass is 32.2. The summed E-state index contributed by atoms with van der Waals surface area (Å²) in [7, 11) is 0. The number of anilines is 3. The van der Waals surface area contributed by atoms with E-state index in [9.17, 15) is 0 Å². The molecule has 96 valence electrons. The van der Waals surface area contributed by atoms with Gasteiger partial charge in [-0.05, 0) is 12.1 Å². The average Bonchev–Trinajstić information content (AvgIpc) is 2.68. The van der Waals surface area contributed by atoms with Gasteiger partial charge in [0.2, 0.25) is 5.16 Å². The molecule has 2 aromatic heterocycles. The minimum atomic E-state index is 0.301. The third-order valence-corrected chi connectivity index (χ3v) is 3.03. The Labute approximate surface area is 112 Å². The first-order valence-electron chi connectivity index (χ1n) is 5.34. The predicted octanol–water partition coefficient (Wildman–Crippen LogP) is 1.52. The normalized spacial score (nSPS) is 10.9. The number of aromatic nitrogens is 3.